The molecule has 0 radical (unpaired) electrons. The largest absolute Gasteiger partial charge is 0.394 e. The Morgan fingerprint density at radius 2 is 1.26 bits per heavy atom. The summed E-state index contributed by atoms with van der Waals surface area (Å²) in [6.45, 7) is 1.47. The van der Waals surface area contributed by atoms with E-state index in [4.69, 9.17) is 0 Å². The van der Waals surface area contributed by atoms with Crippen molar-refractivity contribution in [3.05, 3.63) is 0 Å². The summed E-state index contributed by atoms with van der Waals surface area (Å²) in [5.74, 6) is 0.907. The molecule has 0 aromatic heterocycles. The minimum Gasteiger partial charge on any atom is -0.394 e. The van der Waals surface area contributed by atoms with Gasteiger partial charge in [0, 0.05) is 5.54 Å². The van der Waals surface area contributed by atoms with Gasteiger partial charge in [-0.25, -0.2) is 0 Å². The van der Waals surface area contributed by atoms with Crippen molar-refractivity contribution in [2.75, 3.05) is 13.2 Å². The van der Waals surface area contributed by atoms with Crippen LogP contribution in [-0.4, -0.2) is 23.8 Å². The highest BCUT2D eigenvalue weighted by Crippen LogP contribution is 2.30. The first-order chi connectivity index (χ1) is 9.35. The molecular weight excluding hydrogens is 234 g/mol. The van der Waals surface area contributed by atoms with Crippen LogP contribution in [0.1, 0.15) is 83.5 Å². The van der Waals surface area contributed by atoms with E-state index in [1.54, 1.807) is 0 Å². The van der Waals surface area contributed by atoms with Crippen LogP contribution in [0.4, 0.5) is 0 Å². The molecule has 0 aliphatic heterocycles. The van der Waals surface area contributed by atoms with E-state index < -0.39 is 0 Å². The molecule has 0 heterocycles. The molecule has 2 N–H and O–H groups in total. The van der Waals surface area contributed by atoms with E-state index >= 15 is 0 Å². The second kappa shape index (κ2) is 8.26. The molecule has 2 heteroatoms. The maximum Gasteiger partial charge on any atom is 0.0613 e. The lowest BCUT2D eigenvalue weighted by Crippen LogP contribution is -2.49. The van der Waals surface area contributed by atoms with Gasteiger partial charge in [0.15, 0.2) is 0 Å². The quantitative estimate of drug-likeness (QED) is 0.806. The summed E-state index contributed by atoms with van der Waals surface area (Å²) in [4.78, 5) is 0. The summed E-state index contributed by atoms with van der Waals surface area (Å²) in [5, 5.41) is 13.7. The van der Waals surface area contributed by atoms with Gasteiger partial charge in [0.25, 0.3) is 0 Å². The second-order valence-electron chi connectivity index (χ2n) is 6.94. The Labute approximate surface area is 119 Å². The Kier molecular flexibility index (Phi) is 6.66. The third-order valence-electron chi connectivity index (χ3n) is 5.08. The molecule has 112 valence electrons. The molecule has 19 heavy (non-hydrogen) atoms. The zero-order chi connectivity index (χ0) is 13.4. The van der Waals surface area contributed by atoms with E-state index in [0.717, 1.165) is 12.5 Å². The lowest BCUT2D eigenvalue weighted by atomic mass is 9.86. The molecule has 0 atom stereocenters. The molecule has 0 aromatic carbocycles. The summed E-state index contributed by atoms with van der Waals surface area (Å²) in [6.07, 6.45) is 17.5. The molecule has 2 aliphatic rings. The summed E-state index contributed by atoms with van der Waals surface area (Å²) in [6, 6.07) is 0. The van der Waals surface area contributed by atoms with Crippen molar-refractivity contribution in [1.29, 1.82) is 0 Å². The second-order valence-corrected chi connectivity index (χ2v) is 6.94. The predicted octanol–water partition coefficient (Wildman–Crippen LogP) is 4.02. The zero-order valence-corrected chi connectivity index (χ0v) is 12.6. The topological polar surface area (TPSA) is 32.3 Å². The highest BCUT2D eigenvalue weighted by atomic mass is 16.3. The van der Waals surface area contributed by atoms with Crippen molar-refractivity contribution in [1.82, 2.24) is 5.32 Å². The minimum absolute atomic E-state index is 0.0434. The number of rotatable bonds is 4. The number of hydrogen-bond donors (Lipinski definition) is 2. The highest BCUT2D eigenvalue weighted by molar-refractivity contribution is 4.90. The Bertz CT molecular complexity index is 225. The Balaban J connectivity index is 1.82. The van der Waals surface area contributed by atoms with Crippen LogP contribution >= 0.6 is 0 Å². The van der Waals surface area contributed by atoms with Crippen LogP contribution in [0.2, 0.25) is 0 Å². The van der Waals surface area contributed by atoms with Gasteiger partial charge in [-0.3, -0.25) is 0 Å². The first kappa shape index (κ1) is 15.3. The molecule has 0 spiro atoms. The van der Waals surface area contributed by atoms with E-state index in [-0.39, 0.29) is 5.54 Å². The third kappa shape index (κ3) is 5.83. The van der Waals surface area contributed by atoms with Crippen LogP contribution in [0, 0.1) is 5.92 Å². The number of hydrogen-bond acceptors (Lipinski definition) is 2. The third-order valence-corrected chi connectivity index (χ3v) is 5.08. The SMILES string of the molecule is OCC1(NCC2CC2)CCCCCCCCCCC1. The maximum absolute atomic E-state index is 9.92. The Morgan fingerprint density at radius 3 is 1.68 bits per heavy atom. The molecule has 2 nitrogen and oxygen atoms in total. The van der Waals surface area contributed by atoms with Gasteiger partial charge >= 0.3 is 0 Å². The lowest BCUT2D eigenvalue weighted by molar-refractivity contribution is 0.134. The van der Waals surface area contributed by atoms with Gasteiger partial charge in [0.05, 0.1) is 6.61 Å². The fourth-order valence-electron chi connectivity index (χ4n) is 3.36. The molecule has 2 saturated carbocycles. The first-order valence-electron chi connectivity index (χ1n) is 8.71. The predicted molar refractivity (Wildman–Crippen MR) is 81.3 cm³/mol. The van der Waals surface area contributed by atoms with Gasteiger partial charge < -0.3 is 10.4 Å². The molecule has 0 saturated heterocycles. The van der Waals surface area contributed by atoms with Crippen LogP contribution in [0.5, 0.6) is 0 Å². The minimum atomic E-state index is 0.0434. The van der Waals surface area contributed by atoms with Crippen LogP contribution in [0.25, 0.3) is 0 Å². The zero-order valence-electron chi connectivity index (χ0n) is 12.6. The summed E-state index contributed by atoms with van der Waals surface area (Å²) in [5.41, 5.74) is 0.0434. The first-order valence-corrected chi connectivity index (χ1v) is 8.71. The van der Waals surface area contributed by atoms with E-state index in [2.05, 4.69) is 5.32 Å². The molecule has 0 unspecified atom stereocenters. The van der Waals surface area contributed by atoms with E-state index in [0.29, 0.717) is 6.61 Å². The Hall–Kier alpha value is -0.0800. The van der Waals surface area contributed by atoms with Crippen molar-refractivity contribution in [3.8, 4) is 0 Å². The summed E-state index contributed by atoms with van der Waals surface area (Å²) in [7, 11) is 0. The maximum atomic E-state index is 9.92. The fraction of sp³-hybridized carbons (Fsp3) is 1.00. The summed E-state index contributed by atoms with van der Waals surface area (Å²) < 4.78 is 0. The fourth-order valence-corrected chi connectivity index (χ4v) is 3.36. The van der Waals surface area contributed by atoms with Gasteiger partial charge in [-0.2, -0.15) is 0 Å². The monoisotopic (exact) mass is 267 g/mol. The molecule has 2 aliphatic carbocycles. The average molecular weight is 267 g/mol. The van der Waals surface area contributed by atoms with Gasteiger partial charge in [-0.15, -0.1) is 0 Å². The smallest absolute Gasteiger partial charge is 0.0613 e. The van der Waals surface area contributed by atoms with Crippen molar-refractivity contribution in [3.63, 3.8) is 0 Å². The van der Waals surface area contributed by atoms with Gasteiger partial charge in [-0.1, -0.05) is 57.8 Å². The standard InChI is InChI=1S/C17H33NO/c19-15-17(18-14-16-10-11-16)12-8-6-4-2-1-3-5-7-9-13-17/h16,18-19H,1-15H2. The van der Waals surface area contributed by atoms with E-state index in [1.165, 1.54) is 83.5 Å². The van der Waals surface area contributed by atoms with Gasteiger partial charge in [0.1, 0.15) is 0 Å². The van der Waals surface area contributed by atoms with Crippen molar-refractivity contribution in [2.24, 2.45) is 5.92 Å². The molecule has 0 amide bonds. The molecule has 0 bridgehead atoms. The number of aliphatic hydroxyl groups is 1. The molecular formula is C17H33NO. The Morgan fingerprint density at radius 1 is 0.789 bits per heavy atom. The highest BCUT2D eigenvalue weighted by Gasteiger charge is 2.31. The summed E-state index contributed by atoms with van der Waals surface area (Å²) >= 11 is 0. The van der Waals surface area contributed by atoms with Crippen LogP contribution < -0.4 is 5.32 Å². The van der Waals surface area contributed by atoms with Gasteiger partial charge in [-0.05, 0) is 38.1 Å². The van der Waals surface area contributed by atoms with Crippen LogP contribution in [-0.2, 0) is 0 Å². The van der Waals surface area contributed by atoms with Crippen molar-refractivity contribution in [2.45, 2.75) is 89.0 Å². The lowest BCUT2D eigenvalue weighted by Gasteiger charge is -2.34. The number of nitrogens with one attached hydrogen (secondary N) is 1. The average Bonchev–Trinajstić information content (AvgIpc) is 3.23. The van der Waals surface area contributed by atoms with Crippen LogP contribution in [0.3, 0.4) is 0 Å². The van der Waals surface area contributed by atoms with Crippen molar-refractivity contribution < 1.29 is 5.11 Å². The van der Waals surface area contributed by atoms with E-state index in [9.17, 15) is 5.11 Å². The normalized spacial score (nSPS) is 26.4. The van der Waals surface area contributed by atoms with Crippen molar-refractivity contribution >= 4 is 0 Å². The molecule has 0 aromatic rings. The molecule has 2 rings (SSSR count). The van der Waals surface area contributed by atoms with E-state index in [1.807, 2.05) is 0 Å². The van der Waals surface area contributed by atoms with Crippen LogP contribution in [0.15, 0.2) is 0 Å². The number of aliphatic hydroxyl groups excluding tert-OH is 1. The molecule has 2 fully saturated rings. The van der Waals surface area contributed by atoms with Gasteiger partial charge in [0.2, 0.25) is 0 Å².